The number of hydrogen-bond donors (Lipinski definition) is 0. The van der Waals surface area contributed by atoms with Crippen molar-refractivity contribution >= 4 is 75.9 Å². The monoisotopic (exact) mass is 1040 g/mol. The first kappa shape index (κ1) is 48.4. The first-order chi connectivity index (χ1) is 37.4. The lowest BCUT2D eigenvalue weighted by Gasteiger charge is -2.38. The molecule has 378 valence electrons. The summed E-state index contributed by atoms with van der Waals surface area (Å²) in [4.78, 5) is 138. The molecule has 8 aromatic rings. The third kappa shape index (κ3) is 7.04. The lowest BCUT2D eigenvalue weighted by atomic mass is 9.68. The van der Waals surface area contributed by atoms with E-state index in [1.807, 2.05) is 0 Å². The maximum atomic E-state index is 16.2. The number of carbonyl (C=O) groups excluding carboxylic acids is 10. The Morgan fingerprint density at radius 3 is 0.936 bits per heavy atom. The van der Waals surface area contributed by atoms with Crippen molar-refractivity contribution in [1.82, 2.24) is 4.90 Å². The summed E-state index contributed by atoms with van der Waals surface area (Å²) >= 11 is 0. The van der Waals surface area contributed by atoms with Gasteiger partial charge in [0.15, 0.2) is 11.6 Å². The van der Waals surface area contributed by atoms with E-state index in [1.165, 1.54) is 128 Å². The van der Waals surface area contributed by atoms with Crippen LogP contribution in [0.25, 0.3) is 0 Å². The molecule has 8 amide bonds. The van der Waals surface area contributed by atoms with Gasteiger partial charge in [-0.3, -0.25) is 52.8 Å². The number of benzene rings is 8. The number of fused-ring (bicyclic) bond motifs is 4. The van der Waals surface area contributed by atoms with E-state index < -0.39 is 70.4 Å². The predicted octanol–water partition coefficient (Wildman–Crippen LogP) is 9.67. The van der Waals surface area contributed by atoms with Gasteiger partial charge in [0.05, 0.1) is 61.6 Å². The van der Waals surface area contributed by atoms with Crippen molar-refractivity contribution < 1.29 is 61.1 Å². The molecule has 0 aliphatic carbocycles. The molecule has 0 spiro atoms. The Bertz CT molecular complexity index is 4080. The van der Waals surface area contributed by atoms with Crippen molar-refractivity contribution in [3.8, 4) is 0 Å². The number of imide groups is 4. The van der Waals surface area contributed by atoms with Crippen molar-refractivity contribution in [2.24, 2.45) is 0 Å². The van der Waals surface area contributed by atoms with Gasteiger partial charge in [-0.05, 0) is 102 Å². The van der Waals surface area contributed by atoms with Crippen LogP contribution in [0.15, 0.2) is 182 Å². The van der Waals surface area contributed by atoms with E-state index in [1.54, 1.807) is 36.4 Å². The Labute approximate surface area is 439 Å². The van der Waals surface area contributed by atoms with Crippen LogP contribution in [0, 0.1) is 0 Å². The third-order valence-corrected chi connectivity index (χ3v) is 14.6. The number of ketones is 2. The fourth-order valence-electron chi connectivity index (χ4n) is 10.7. The number of amides is 8. The Hall–Kier alpha value is -10.6. The number of nitrogens with zero attached hydrogens (tertiary/aromatic N) is 4. The van der Waals surface area contributed by atoms with Crippen LogP contribution in [0.4, 0.5) is 30.2 Å². The van der Waals surface area contributed by atoms with E-state index in [9.17, 15) is 47.9 Å². The molecule has 0 bridgehead atoms. The van der Waals surface area contributed by atoms with E-state index in [2.05, 4.69) is 0 Å². The molecule has 4 heterocycles. The van der Waals surface area contributed by atoms with Gasteiger partial charge < -0.3 is 0 Å². The minimum Gasteiger partial charge on any atom is -0.289 e. The fourth-order valence-corrected chi connectivity index (χ4v) is 10.7. The fraction of sp³-hybridized carbons (Fsp3) is 0.0492. The Morgan fingerprint density at radius 1 is 0.321 bits per heavy atom. The molecule has 78 heavy (non-hydrogen) atoms. The summed E-state index contributed by atoms with van der Waals surface area (Å²) in [6.07, 6.45) is -5.07. The van der Waals surface area contributed by atoms with E-state index in [4.69, 9.17) is 0 Å². The standard InChI is InChI=1S/C61H33F3N4O10/c1-65-52(71)42-24-12-32(28-46(42)53(65)72)50(69)33-14-26-44-48(30-33)58(77)67(55(44)74)40-20-16-37(17-21-40)60(61(62,63)64,36-8-4-2-5-9-36)38-18-22-41(23-19-38)68-56(75)45-27-15-35(31-49(45)59(68)78)51(70)34-13-25-43-47(29-34)57(76)66(54(43)73)39-10-6-3-7-11-39/h2-31H,1H3. The molecular weight excluding hydrogens is 1010 g/mol. The average molecular weight is 1040 g/mol. The van der Waals surface area contributed by atoms with Gasteiger partial charge in [-0.25, -0.2) is 14.7 Å². The number of anilines is 3. The van der Waals surface area contributed by atoms with Crippen LogP contribution in [0.1, 0.15) is 131 Å². The first-order valence-corrected chi connectivity index (χ1v) is 23.9. The normalized spacial score (nSPS) is 15.5. The van der Waals surface area contributed by atoms with Gasteiger partial charge in [-0.1, -0.05) is 97.1 Å². The lowest BCUT2D eigenvalue weighted by Crippen LogP contribution is -2.44. The van der Waals surface area contributed by atoms with E-state index in [0.29, 0.717) is 5.69 Å². The van der Waals surface area contributed by atoms with Crippen LogP contribution in [0.2, 0.25) is 0 Å². The molecule has 17 heteroatoms. The Balaban J connectivity index is 0.818. The summed E-state index contributed by atoms with van der Waals surface area (Å²) in [7, 11) is 1.31. The van der Waals surface area contributed by atoms with Gasteiger partial charge in [-0.15, -0.1) is 0 Å². The van der Waals surface area contributed by atoms with Gasteiger partial charge in [0.2, 0.25) is 0 Å². The van der Waals surface area contributed by atoms with Crippen molar-refractivity contribution in [1.29, 1.82) is 0 Å². The molecule has 1 unspecified atom stereocenters. The summed E-state index contributed by atoms with van der Waals surface area (Å²) in [5, 5.41) is 0. The number of rotatable bonds is 10. The number of halogens is 3. The second kappa shape index (κ2) is 17.5. The van der Waals surface area contributed by atoms with Gasteiger partial charge in [0, 0.05) is 29.3 Å². The van der Waals surface area contributed by atoms with Crippen LogP contribution in [0.5, 0.6) is 0 Å². The highest BCUT2D eigenvalue weighted by atomic mass is 19.4. The first-order valence-electron chi connectivity index (χ1n) is 23.9. The van der Waals surface area contributed by atoms with Gasteiger partial charge in [-0.2, -0.15) is 13.2 Å². The zero-order chi connectivity index (χ0) is 54.7. The Kier molecular flexibility index (Phi) is 10.9. The van der Waals surface area contributed by atoms with Crippen LogP contribution in [-0.4, -0.2) is 76.9 Å². The number of hydrogen-bond acceptors (Lipinski definition) is 10. The predicted molar refractivity (Wildman–Crippen MR) is 274 cm³/mol. The largest absolute Gasteiger partial charge is 0.406 e. The molecule has 0 fully saturated rings. The van der Waals surface area contributed by atoms with Gasteiger partial charge in [0.25, 0.3) is 47.3 Å². The van der Waals surface area contributed by atoms with Crippen molar-refractivity contribution in [2.75, 3.05) is 21.7 Å². The highest BCUT2D eigenvalue weighted by molar-refractivity contribution is 6.37. The maximum Gasteiger partial charge on any atom is 0.406 e. The number of carbonyl (C=O) groups is 10. The van der Waals surface area contributed by atoms with Crippen LogP contribution < -0.4 is 14.7 Å². The average Bonchev–Trinajstić information content (AvgIpc) is 4.15. The Morgan fingerprint density at radius 2 is 0.590 bits per heavy atom. The lowest BCUT2D eigenvalue weighted by molar-refractivity contribution is -0.166. The number of para-hydroxylation sites is 1. The van der Waals surface area contributed by atoms with E-state index in [0.717, 1.165) is 43.9 Å². The molecule has 12 rings (SSSR count). The molecular formula is C61H33F3N4O10. The van der Waals surface area contributed by atoms with Crippen molar-refractivity contribution in [2.45, 2.75) is 11.6 Å². The zero-order valence-corrected chi connectivity index (χ0v) is 40.3. The second-order valence-electron chi connectivity index (χ2n) is 18.7. The summed E-state index contributed by atoms with van der Waals surface area (Å²) in [6, 6.07) is 40.4. The third-order valence-electron chi connectivity index (χ3n) is 14.6. The molecule has 0 radical (unpaired) electrons. The number of alkyl halides is 3. The summed E-state index contributed by atoms with van der Waals surface area (Å²) < 4.78 is 48.7. The SMILES string of the molecule is CN1C(=O)c2ccc(C(=O)c3ccc4c(c3)C(=O)N(c3ccc(C(c5ccccc5)(c5ccc(N6C(=O)c7ccc(C(=O)c8ccc9c(c8)C(=O)N(c8ccccc8)C9=O)cc7C6=O)cc5)C(F)(F)F)cc3)C4=O)cc2C1=O. The molecule has 8 aromatic carbocycles. The molecule has 4 aliphatic heterocycles. The quantitative estimate of drug-likeness (QED) is 0.0726. The zero-order valence-electron chi connectivity index (χ0n) is 40.3. The molecule has 1 atom stereocenters. The van der Waals surface area contributed by atoms with Crippen LogP contribution >= 0.6 is 0 Å². The van der Waals surface area contributed by atoms with Crippen LogP contribution in [0.3, 0.4) is 0 Å². The summed E-state index contributed by atoms with van der Waals surface area (Å²) in [6.45, 7) is 0. The molecule has 14 nitrogen and oxygen atoms in total. The van der Waals surface area contributed by atoms with Crippen molar-refractivity contribution in [3.63, 3.8) is 0 Å². The molecule has 4 aliphatic rings. The second-order valence-corrected chi connectivity index (χ2v) is 18.7. The molecule has 0 aromatic heterocycles. The van der Waals surface area contributed by atoms with Gasteiger partial charge >= 0.3 is 6.18 Å². The minimum absolute atomic E-state index is 0.00543. The van der Waals surface area contributed by atoms with E-state index >= 15 is 13.2 Å². The smallest absolute Gasteiger partial charge is 0.289 e. The van der Waals surface area contributed by atoms with Gasteiger partial charge in [0.1, 0.15) is 5.41 Å². The maximum absolute atomic E-state index is 16.2. The highest BCUT2D eigenvalue weighted by Crippen LogP contribution is 2.52. The van der Waals surface area contributed by atoms with Crippen LogP contribution in [-0.2, 0) is 5.41 Å². The summed E-state index contributed by atoms with van der Waals surface area (Å²) in [5.74, 6) is -6.82. The summed E-state index contributed by atoms with van der Waals surface area (Å²) in [5.41, 5.74) is -3.69. The minimum atomic E-state index is -5.07. The van der Waals surface area contributed by atoms with E-state index in [-0.39, 0.29) is 94.8 Å². The molecule has 0 saturated carbocycles. The molecule has 0 saturated heterocycles. The topological polar surface area (TPSA) is 184 Å². The molecule has 0 N–H and O–H groups in total. The highest BCUT2D eigenvalue weighted by Gasteiger charge is 2.58. The van der Waals surface area contributed by atoms with Crippen molar-refractivity contribution in [3.05, 3.63) is 265 Å².